The van der Waals surface area contributed by atoms with Gasteiger partial charge in [-0.3, -0.25) is 9.36 Å². The van der Waals surface area contributed by atoms with E-state index in [0.717, 1.165) is 26.6 Å². The molecule has 8 nitrogen and oxygen atoms in total. The van der Waals surface area contributed by atoms with E-state index in [1.807, 2.05) is 24.3 Å². The fraction of sp³-hybridized carbons (Fsp3) is 0.412. The van der Waals surface area contributed by atoms with E-state index in [4.69, 9.17) is 4.74 Å². The third-order valence-corrected chi connectivity index (χ3v) is 5.94. The number of ether oxygens (including phenoxy) is 1. The Kier molecular flexibility index (Phi) is 5.01. The molecule has 1 aromatic heterocycles. The monoisotopic (exact) mass is 379 g/mol. The van der Waals surface area contributed by atoms with Crippen molar-refractivity contribution in [2.24, 2.45) is 20.0 Å². The van der Waals surface area contributed by atoms with Crippen molar-refractivity contribution in [2.75, 3.05) is 13.2 Å². The first kappa shape index (κ1) is 18.4. The first-order valence-electron chi connectivity index (χ1n) is 8.26. The Hall–Kier alpha value is -2.39. The zero-order chi connectivity index (χ0) is 18.9. The van der Waals surface area contributed by atoms with Crippen LogP contribution in [-0.2, 0) is 30.5 Å². The fourth-order valence-corrected chi connectivity index (χ4v) is 4.28. The lowest BCUT2D eigenvalue weighted by atomic mass is 9.97. The molecule has 0 saturated carbocycles. The van der Waals surface area contributed by atoms with Crippen molar-refractivity contribution >= 4 is 10.0 Å². The Morgan fingerprint density at radius 2 is 1.96 bits per heavy atom. The number of hydrogen-bond donors (Lipinski definition) is 1. The number of benzene rings is 1. The summed E-state index contributed by atoms with van der Waals surface area (Å²) < 4.78 is 35.2. The standard InChI is InChI=1S/C17H21N3O5S/c1-19-11-15(16(21)20(2)17(19)22)26(23,24)18-10-12-7-8-25-14-6-4-3-5-13(14)9-12/h3-6,11-12,18H,7-10H2,1-2H3. The van der Waals surface area contributed by atoms with E-state index in [-0.39, 0.29) is 12.5 Å². The Bertz CT molecular complexity index is 1040. The summed E-state index contributed by atoms with van der Waals surface area (Å²) in [5, 5.41) is 0. The maximum Gasteiger partial charge on any atom is 0.330 e. The van der Waals surface area contributed by atoms with Gasteiger partial charge in [-0.1, -0.05) is 18.2 Å². The van der Waals surface area contributed by atoms with Gasteiger partial charge in [0, 0.05) is 26.8 Å². The van der Waals surface area contributed by atoms with E-state index in [1.54, 1.807) is 0 Å². The predicted octanol–water partition coefficient (Wildman–Crippen LogP) is 0.00370. The minimum absolute atomic E-state index is 0.0461. The summed E-state index contributed by atoms with van der Waals surface area (Å²) in [7, 11) is -1.37. The molecule has 2 heterocycles. The number of hydrogen-bond acceptors (Lipinski definition) is 5. The maximum atomic E-state index is 12.6. The van der Waals surface area contributed by atoms with Crippen LogP contribution in [0.1, 0.15) is 12.0 Å². The van der Waals surface area contributed by atoms with Crippen molar-refractivity contribution < 1.29 is 13.2 Å². The fourth-order valence-electron chi connectivity index (χ4n) is 3.00. The van der Waals surface area contributed by atoms with Crippen molar-refractivity contribution in [2.45, 2.75) is 17.7 Å². The summed E-state index contributed by atoms with van der Waals surface area (Å²) in [6.07, 6.45) is 2.44. The quantitative estimate of drug-likeness (QED) is 0.806. The van der Waals surface area contributed by atoms with E-state index in [2.05, 4.69) is 4.72 Å². The van der Waals surface area contributed by atoms with Crippen molar-refractivity contribution in [1.82, 2.24) is 13.9 Å². The van der Waals surface area contributed by atoms with Gasteiger partial charge in [0.15, 0.2) is 4.90 Å². The molecule has 140 valence electrons. The molecule has 3 rings (SSSR count). The Balaban J connectivity index is 1.79. The molecular weight excluding hydrogens is 358 g/mol. The van der Waals surface area contributed by atoms with Crippen molar-refractivity contribution in [3.63, 3.8) is 0 Å². The van der Waals surface area contributed by atoms with Gasteiger partial charge >= 0.3 is 5.69 Å². The summed E-state index contributed by atoms with van der Waals surface area (Å²) >= 11 is 0. The average molecular weight is 379 g/mol. The first-order chi connectivity index (χ1) is 12.3. The SMILES string of the molecule is Cn1cc(S(=O)(=O)NCC2CCOc3ccccc3C2)c(=O)n(C)c1=O. The second-order valence-electron chi connectivity index (χ2n) is 6.42. The molecule has 0 saturated heterocycles. The van der Waals surface area contributed by atoms with Gasteiger partial charge in [-0.05, 0) is 30.4 Å². The number of sulfonamides is 1. The van der Waals surface area contributed by atoms with Gasteiger partial charge in [-0.15, -0.1) is 0 Å². The molecule has 9 heteroatoms. The average Bonchev–Trinajstić information content (AvgIpc) is 2.83. The Morgan fingerprint density at radius 1 is 1.23 bits per heavy atom. The smallest absolute Gasteiger partial charge is 0.330 e. The lowest BCUT2D eigenvalue weighted by Crippen LogP contribution is -2.42. The molecule has 0 radical (unpaired) electrons. The maximum absolute atomic E-state index is 12.6. The highest BCUT2D eigenvalue weighted by atomic mass is 32.2. The summed E-state index contributed by atoms with van der Waals surface area (Å²) in [5.41, 5.74) is -0.381. The van der Waals surface area contributed by atoms with Gasteiger partial charge in [0.1, 0.15) is 5.75 Å². The molecule has 1 atom stereocenters. The van der Waals surface area contributed by atoms with Gasteiger partial charge < -0.3 is 9.30 Å². The summed E-state index contributed by atoms with van der Waals surface area (Å²) in [6.45, 7) is 0.692. The van der Waals surface area contributed by atoms with Crippen LogP contribution in [0.25, 0.3) is 0 Å². The number of nitrogens with zero attached hydrogens (tertiary/aromatic N) is 2. The molecule has 0 spiro atoms. The topological polar surface area (TPSA) is 99.4 Å². The Labute approximate surface area is 151 Å². The van der Waals surface area contributed by atoms with Gasteiger partial charge in [-0.25, -0.2) is 17.9 Å². The van der Waals surface area contributed by atoms with Crippen molar-refractivity contribution in [3.05, 3.63) is 56.9 Å². The number of aryl methyl sites for hydroxylation is 1. The van der Waals surface area contributed by atoms with Crippen LogP contribution >= 0.6 is 0 Å². The van der Waals surface area contributed by atoms with Crippen molar-refractivity contribution in [1.29, 1.82) is 0 Å². The van der Waals surface area contributed by atoms with E-state index in [9.17, 15) is 18.0 Å². The van der Waals surface area contributed by atoms with Crippen LogP contribution in [-0.4, -0.2) is 30.7 Å². The van der Waals surface area contributed by atoms with Crippen LogP contribution < -0.4 is 20.7 Å². The molecule has 1 N–H and O–H groups in total. The predicted molar refractivity (Wildman–Crippen MR) is 95.9 cm³/mol. The largest absolute Gasteiger partial charge is 0.493 e. The second-order valence-corrected chi connectivity index (χ2v) is 8.15. The second kappa shape index (κ2) is 7.08. The molecule has 0 amide bonds. The molecule has 1 aromatic carbocycles. The number of fused-ring (bicyclic) bond motifs is 1. The molecule has 0 bridgehead atoms. The van der Waals surface area contributed by atoms with Crippen LogP contribution in [0, 0.1) is 5.92 Å². The summed E-state index contributed by atoms with van der Waals surface area (Å²) in [5.74, 6) is 0.870. The molecule has 0 aliphatic carbocycles. The summed E-state index contributed by atoms with van der Waals surface area (Å²) in [4.78, 5) is 23.5. The lowest BCUT2D eigenvalue weighted by molar-refractivity contribution is 0.294. The highest BCUT2D eigenvalue weighted by molar-refractivity contribution is 7.89. The van der Waals surface area contributed by atoms with Gasteiger partial charge in [0.05, 0.1) is 6.61 Å². The summed E-state index contributed by atoms with van der Waals surface area (Å²) in [6, 6.07) is 7.68. The minimum Gasteiger partial charge on any atom is -0.493 e. The lowest BCUT2D eigenvalue weighted by Gasteiger charge is -2.15. The van der Waals surface area contributed by atoms with Crippen molar-refractivity contribution in [3.8, 4) is 5.75 Å². The number of rotatable bonds is 4. The molecule has 1 aliphatic rings. The number of para-hydroxylation sites is 1. The van der Waals surface area contributed by atoms with E-state index in [1.165, 1.54) is 14.1 Å². The van der Waals surface area contributed by atoms with E-state index >= 15 is 0 Å². The van der Waals surface area contributed by atoms with Gasteiger partial charge in [0.25, 0.3) is 5.56 Å². The highest BCUT2D eigenvalue weighted by Gasteiger charge is 2.24. The molecule has 0 fully saturated rings. The molecule has 2 aromatic rings. The van der Waals surface area contributed by atoms with E-state index < -0.39 is 26.2 Å². The molecule has 26 heavy (non-hydrogen) atoms. The molecule has 1 aliphatic heterocycles. The third-order valence-electron chi connectivity index (χ3n) is 4.53. The van der Waals surface area contributed by atoms with Crippen LogP contribution in [0.3, 0.4) is 0 Å². The highest BCUT2D eigenvalue weighted by Crippen LogP contribution is 2.26. The van der Waals surface area contributed by atoms with E-state index in [0.29, 0.717) is 19.4 Å². The minimum atomic E-state index is -4.03. The Morgan fingerprint density at radius 3 is 2.73 bits per heavy atom. The number of nitrogens with one attached hydrogen (secondary N) is 1. The molecule has 1 unspecified atom stereocenters. The number of aromatic nitrogens is 2. The van der Waals surface area contributed by atoms with Crippen LogP contribution in [0.2, 0.25) is 0 Å². The normalized spacial score (nSPS) is 17.2. The zero-order valence-electron chi connectivity index (χ0n) is 14.6. The van der Waals surface area contributed by atoms with Crippen LogP contribution in [0.5, 0.6) is 5.75 Å². The zero-order valence-corrected chi connectivity index (χ0v) is 15.5. The first-order valence-corrected chi connectivity index (χ1v) is 9.75. The van der Waals surface area contributed by atoms with Crippen LogP contribution in [0.15, 0.2) is 44.9 Å². The van der Waals surface area contributed by atoms with Gasteiger partial charge in [0.2, 0.25) is 10.0 Å². The van der Waals surface area contributed by atoms with Gasteiger partial charge in [-0.2, -0.15) is 0 Å². The molecular formula is C17H21N3O5S. The third kappa shape index (κ3) is 3.58. The van der Waals surface area contributed by atoms with Crippen LogP contribution in [0.4, 0.5) is 0 Å².